The van der Waals surface area contributed by atoms with Gasteiger partial charge in [-0.3, -0.25) is 19.2 Å². The number of esters is 4. The van der Waals surface area contributed by atoms with E-state index in [1.165, 1.54) is 19.1 Å². The Morgan fingerprint density at radius 3 is 1.42 bits per heavy atom. The Labute approximate surface area is 298 Å². The van der Waals surface area contributed by atoms with E-state index in [1.807, 2.05) is 0 Å². The van der Waals surface area contributed by atoms with Gasteiger partial charge in [0.2, 0.25) is 6.29 Å². The van der Waals surface area contributed by atoms with E-state index in [1.54, 1.807) is 41.5 Å². The molecule has 3 aromatic carbocycles. The highest BCUT2D eigenvalue weighted by molar-refractivity contribution is 6.11. The summed E-state index contributed by atoms with van der Waals surface area (Å²) < 4.78 is 20.2. The number of benzene rings is 3. The minimum Gasteiger partial charge on any atom is -0.507 e. The lowest BCUT2D eigenvalue weighted by atomic mass is 9.97. The summed E-state index contributed by atoms with van der Waals surface area (Å²) in [6.07, 6.45) is -1.30. The zero-order chi connectivity index (χ0) is 39.1. The van der Waals surface area contributed by atoms with Crippen LogP contribution in [0.1, 0.15) is 89.9 Å². The maximum atomic E-state index is 13.0. The van der Waals surface area contributed by atoms with Crippen molar-refractivity contribution in [3.05, 3.63) is 70.8 Å². The lowest BCUT2D eigenvalue weighted by molar-refractivity contribution is -0.175. The first-order valence-corrected chi connectivity index (χ1v) is 15.7. The van der Waals surface area contributed by atoms with Crippen LogP contribution in [-0.4, -0.2) is 75.6 Å². The van der Waals surface area contributed by atoms with Crippen LogP contribution in [-0.2, 0) is 28.5 Å². The molecule has 16 nitrogen and oxygen atoms in total. The second-order valence-corrected chi connectivity index (χ2v) is 13.4. The summed E-state index contributed by atoms with van der Waals surface area (Å²) in [5, 5.41) is 46.3. The molecule has 6 N–H and O–H groups in total. The number of rotatable bonds is 11. The van der Waals surface area contributed by atoms with E-state index in [9.17, 15) is 49.2 Å². The van der Waals surface area contributed by atoms with Gasteiger partial charge in [0, 0.05) is 18.3 Å². The molecule has 1 atom stereocenters. The van der Waals surface area contributed by atoms with Crippen molar-refractivity contribution in [3.8, 4) is 23.0 Å². The largest absolute Gasteiger partial charge is 0.507 e. The molecule has 0 heterocycles. The van der Waals surface area contributed by atoms with Gasteiger partial charge in [-0.05, 0) is 90.1 Å². The smallest absolute Gasteiger partial charge is 0.345 e. The van der Waals surface area contributed by atoms with Crippen molar-refractivity contribution in [2.75, 3.05) is 23.8 Å². The Bertz CT molecular complexity index is 1890. The van der Waals surface area contributed by atoms with Crippen molar-refractivity contribution in [1.29, 1.82) is 0 Å². The van der Waals surface area contributed by atoms with Crippen molar-refractivity contribution in [1.82, 2.24) is 0 Å². The molecule has 0 fully saturated rings. The molecule has 0 radical (unpaired) electrons. The van der Waals surface area contributed by atoms with Crippen LogP contribution in [0.3, 0.4) is 0 Å². The first kappa shape index (κ1) is 40.1. The van der Waals surface area contributed by atoms with Crippen molar-refractivity contribution >= 4 is 47.1 Å². The lowest BCUT2D eigenvalue weighted by Gasteiger charge is -2.21. The molecule has 3 aromatic rings. The molecule has 3 rings (SSSR count). The first-order valence-electron chi connectivity index (χ1n) is 15.7. The molecule has 0 aliphatic rings. The zero-order valence-corrected chi connectivity index (χ0v) is 29.5. The van der Waals surface area contributed by atoms with E-state index in [0.29, 0.717) is 0 Å². The van der Waals surface area contributed by atoms with Crippen molar-refractivity contribution in [2.24, 2.45) is 10.8 Å². The Balaban J connectivity index is 1.69. The van der Waals surface area contributed by atoms with Crippen molar-refractivity contribution in [3.63, 3.8) is 0 Å². The quantitative estimate of drug-likeness (QED) is 0.0509. The normalized spacial score (nSPS) is 11.8. The van der Waals surface area contributed by atoms with Crippen LogP contribution < -0.4 is 10.6 Å². The average molecular weight is 725 g/mol. The third-order valence-corrected chi connectivity index (χ3v) is 6.87. The fourth-order valence-electron chi connectivity index (χ4n) is 4.02. The fourth-order valence-corrected chi connectivity index (χ4v) is 4.02. The summed E-state index contributed by atoms with van der Waals surface area (Å²) >= 11 is 0. The van der Waals surface area contributed by atoms with E-state index in [2.05, 4.69) is 10.6 Å². The van der Waals surface area contributed by atoms with Gasteiger partial charge < -0.3 is 50.0 Å². The van der Waals surface area contributed by atoms with Gasteiger partial charge in [0.25, 0.3) is 11.8 Å². The monoisotopic (exact) mass is 724 g/mol. The predicted octanol–water partition coefficient (Wildman–Crippen LogP) is 4.85. The molecule has 0 spiro atoms. The highest BCUT2D eigenvalue weighted by atomic mass is 16.7. The molecule has 2 amide bonds. The summed E-state index contributed by atoms with van der Waals surface area (Å²) in [6, 6.07) is 8.45. The zero-order valence-electron chi connectivity index (χ0n) is 29.5. The number of ether oxygens (including phenoxy) is 4. The number of carbonyl (C=O) groups is 6. The van der Waals surface area contributed by atoms with Gasteiger partial charge >= 0.3 is 23.9 Å². The van der Waals surface area contributed by atoms with Crippen molar-refractivity contribution < 1.29 is 68.1 Å². The van der Waals surface area contributed by atoms with Crippen LogP contribution in [0, 0.1) is 10.8 Å². The molecule has 278 valence electrons. The standard InChI is InChI=1S/C36H40N2O14/c1-18(52-34(48)36(5,6)7)51-32(46)24-15-20(9-11-26(24)40)38-30(44)22-17-27(41)21(16-28(22)42)29(43)37-19-8-10-25(39)23(14-19)31(45)49-12-13-50-33(47)35(2,3)4/h8-11,14-18,39-42H,12-13H2,1-7H3,(H,37,43)(H,38,44). The first-order chi connectivity index (χ1) is 24.1. The number of carbonyl (C=O) groups excluding carboxylic acids is 6. The van der Waals surface area contributed by atoms with E-state index < -0.39 is 86.9 Å². The maximum absolute atomic E-state index is 13.0. The summed E-state index contributed by atoms with van der Waals surface area (Å²) in [5.74, 6) is -7.57. The molecule has 0 aliphatic heterocycles. The molecule has 0 saturated heterocycles. The Kier molecular flexibility index (Phi) is 12.4. The van der Waals surface area contributed by atoms with Gasteiger partial charge in [-0.15, -0.1) is 0 Å². The Morgan fingerprint density at radius 1 is 0.558 bits per heavy atom. The number of anilines is 2. The molecular weight excluding hydrogens is 684 g/mol. The fraction of sp³-hybridized carbons (Fsp3) is 0.333. The summed E-state index contributed by atoms with van der Waals surface area (Å²) in [7, 11) is 0. The Morgan fingerprint density at radius 2 is 0.981 bits per heavy atom. The molecule has 1 unspecified atom stereocenters. The maximum Gasteiger partial charge on any atom is 0.345 e. The number of hydrogen-bond donors (Lipinski definition) is 6. The van der Waals surface area contributed by atoms with Gasteiger partial charge in [0.1, 0.15) is 47.3 Å². The number of nitrogens with one attached hydrogen (secondary N) is 2. The molecule has 16 heteroatoms. The topological polar surface area (TPSA) is 244 Å². The molecule has 0 aromatic heterocycles. The van der Waals surface area contributed by atoms with E-state index in [-0.39, 0.29) is 35.7 Å². The number of amides is 2. The lowest BCUT2D eigenvalue weighted by Crippen LogP contribution is -2.29. The second-order valence-electron chi connectivity index (χ2n) is 13.4. The molecule has 52 heavy (non-hydrogen) atoms. The van der Waals surface area contributed by atoms with Crippen molar-refractivity contribution in [2.45, 2.75) is 54.8 Å². The number of aromatic hydroxyl groups is 4. The van der Waals surface area contributed by atoms with Crippen LogP contribution in [0.25, 0.3) is 0 Å². The van der Waals surface area contributed by atoms with Crippen LogP contribution in [0.5, 0.6) is 23.0 Å². The number of phenols is 4. The van der Waals surface area contributed by atoms with Gasteiger partial charge in [0.05, 0.1) is 22.0 Å². The molecule has 0 aliphatic carbocycles. The van der Waals surface area contributed by atoms with Gasteiger partial charge in [-0.1, -0.05) is 0 Å². The minimum atomic E-state index is -1.30. The summed E-state index contributed by atoms with van der Waals surface area (Å²) in [4.78, 5) is 75.1. The van der Waals surface area contributed by atoms with Gasteiger partial charge in [-0.2, -0.15) is 0 Å². The van der Waals surface area contributed by atoms with E-state index in [4.69, 9.17) is 18.9 Å². The van der Waals surface area contributed by atoms with Crippen LogP contribution >= 0.6 is 0 Å². The average Bonchev–Trinajstić information content (AvgIpc) is 3.04. The van der Waals surface area contributed by atoms with E-state index >= 15 is 0 Å². The predicted molar refractivity (Wildman–Crippen MR) is 183 cm³/mol. The number of hydrogen-bond acceptors (Lipinski definition) is 14. The highest BCUT2D eigenvalue weighted by Crippen LogP contribution is 2.31. The Hall–Kier alpha value is -6.32. The van der Waals surface area contributed by atoms with Crippen LogP contribution in [0.15, 0.2) is 48.5 Å². The SMILES string of the molecule is CC(OC(=O)c1cc(NC(=O)c2cc(O)c(C(=O)Nc3ccc(O)c(C(=O)OCCOC(=O)C(C)(C)C)c3)cc2O)ccc1O)OC(=O)C(C)(C)C. The molecule has 0 bridgehead atoms. The van der Waals surface area contributed by atoms with Crippen LogP contribution in [0.4, 0.5) is 11.4 Å². The van der Waals surface area contributed by atoms with E-state index in [0.717, 1.165) is 36.4 Å². The van der Waals surface area contributed by atoms with Gasteiger partial charge in [-0.25, -0.2) is 9.59 Å². The molecule has 0 saturated carbocycles. The summed E-state index contributed by atoms with van der Waals surface area (Å²) in [5.41, 5.74) is -3.33. The van der Waals surface area contributed by atoms with Gasteiger partial charge in [0.15, 0.2) is 0 Å². The number of phenolic OH excluding ortho intramolecular Hbond substituents is 4. The third-order valence-electron chi connectivity index (χ3n) is 6.87. The second kappa shape index (κ2) is 16.1. The minimum absolute atomic E-state index is 0.0157. The molecular formula is C36H40N2O14. The third kappa shape index (κ3) is 10.6. The van der Waals surface area contributed by atoms with Crippen LogP contribution in [0.2, 0.25) is 0 Å². The highest BCUT2D eigenvalue weighted by Gasteiger charge is 2.28. The summed E-state index contributed by atoms with van der Waals surface area (Å²) in [6.45, 7) is 10.6.